The quantitative estimate of drug-likeness (QED) is 0.142. The summed E-state index contributed by atoms with van der Waals surface area (Å²) in [7, 11) is 0. The van der Waals surface area contributed by atoms with Gasteiger partial charge in [-0.2, -0.15) is 0 Å². The van der Waals surface area contributed by atoms with Crippen LogP contribution in [-0.4, -0.2) is 19.9 Å². The summed E-state index contributed by atoms with van der Waals surface area (Å²) < 4.78 is 40.1. The van der Waals surface area contributed by atoms with Crippen LogP contribution in [0.1, 0.15) is 27.8 Å². The molecule has 428 valence electrons. The number of aromatic nitrogens is 4. The van der Waals surface area contributed by atoms with Gasteiger partial charge in [0, 0.05) is 105 Å². The zero-order valence-electron chi connectivity index (χ0n) is 46.4. The Morgan fingerprint density at radius 3 is 0.976 bits per heavy atom. The van der Waals surface area contributed by atoms with Gasteiger partial charge in [0.05, 0.1) is 0 Å². The van der Waals surface area contributed by atoms with E-state index in [1.165, 1.54) is 52.6 Å². The molecule has 0 aliphatic rings. The van der Waals surface area contributed by atoms with Gasteiger partial charge >= 0.3 is 0 Å². The van der Waals surface area contributed by atoms with Crippen LogP contribution in [-0.2, 0) is 80.4 Å². The summed E-state index contributed by atoms with van der Waals surface area (Å²) in [6, 6.07) is 80.6. The average molecular weight is 1810 g/mol. The largest absolute Gasteiger partial charge is 0.304 e. The number of benzene rings is 8. The molecule has 0 amide bonds. The predicted octanol–water partition coefficient (Wildman–Crippen LogP) is 18.8. The van der Waals surface area contributed by atoms with Crippen molar-refractivity contribution in [2.75, 3.05) is 0 Å². The van der Waals surface area contributed by atoms with E-state index in [0.29, 0.717) is 5.56 Å². The third-order valence-corrected chi connectivity index (χ3v) is 12.9. The van der Waals surface area contributed by atoms with E-state index < -0.39 is 0 Å². The Morgan fingerprint density at radius 1 is 0.274 bits per heavy atom. The van der Waals surface area contributed by atoms with E-state index in [1.54, 1.807) is 36.4 Å². The van der Waals surface area contributed by atoms with E-state index in [-0.39, 0.29) is 97.9 Å². The summed E-state index contributed by atoms with van der Waals surface area (Å²) in [6.45, 7) is 10.2. The van der Waals surface area contributed by atoms with Gasteiger partial charge in [-0.3, -0.25) is 0 Å². The van der Waals surface area contributed by atoms with Gasteiger partial charge in [0.2, 0.25) is 0 Å². The van der Waals surface area contributed by atoms with Crippen LogP contribution in [0.15, 0.2) is 243 Å². The molecule has 0 saturated carbocycles. The summed E-state index contributed by atoms with van der Waals surface area (Å²) in [4.78, 5) is 17.6. The number of hydrogen-bond donors (Lipinski definition) is 0. The first-order valence-corrected chi connectivity index (χ1v) is 26.0. The fourth-order valence-corrected chi connectivity index (χ4v) is 8.42. The maximum Gasteiger partial charge on any atom is 0.129 e. The molecule has 12 aromatic rings. The Labute approximate surface area is 545 Å². The van der Waals surface area contributed by atoms with Crippen molar-refractivity contribution >= 4 is 0 Å². The van der Waals surface area contributed by atoms with Crippen molar-refractivity contribution in [2.45, 2.75) is 34.6 Å². The first kappa shape index (κ1) is 67.5. The molecular weight excluding hydrogens is 1760 g/mol. The molecule has 0 saturated heterocycles. The van der Waals surface area contributed by atoms with Crippen molar-refractivity contribution in [2.24, 2.45) is 0 Å². The number of hydrogen-bond acceptors (Lipinski definition) is 4. The molecule has 84 heavy (non-hydrogen) atoms. The van der Waals surface area contributed by atoms with Crippen LogP contribution in [0.3, 0.4) is 0 Å². The predicted molar refractivity (Wildman–Crippen MR) is 319 cm³/mol. The molecule has 0 fully saturated rings. The van der Waals surface area contributed by atoms with Crippen molar-refractivity contribution < 1.29 is 93.6 Å². The van der Waals surface area contributed by atoms with E-state index in [2.05, 4.69) is 93.6 Å². The first-order valence-electron chi connectivity index (χ1n) is 26.0. The van der Waals surface area contributed by atoms with Gasteiger partial charge in [0.15, 0.2) is 0 Å². The van der Waals surface area contributed by atoms with Crippen molar-refractivity contribution in [1.29, 1.82) is 0 Å². The summed E-state index contributed by atoms with van der Waals surface area (Å²) in [6.07, 6.45) is 7.38. The Balaban J connectivity index is 0.000000202. The molecular formula is C73H55F3Ir4N4-4. The van der Waals surface area contributed by atoms with Crippen LogP contribution in [0, 0.1) is 76.3 Å². The molecule has 12 rings (SSSR count). The van der Waals surface area contributed by atoms with Crippen molar-refractivity contribution in [1.82, 2.24) is 19.9 Å². The molecule has 4 radical (unpaired) electrons. The Bertz CT molecular complexity index is 3710. The van der Waals surface area contributed by atoms with Gasteiger partial charge in [0.25, 0.3) is 0 Å². The first-order chi connectivity index (χ1) is 38.9. The van der Waals surface area contributed by atoms with Crippen LogP contribution in [0.25, 0.3) is 89.5 Å². The second-order valence-electron chi connectivity index (χ2n) is 19.2. The van der Waals surface area contributed by atoms with E-state index >= 15 is 0 Å². The molecule has 4 heterocycles. The maximum atomic E-state index is 13.8. The van der Waals surface area contributed by atoms with Gasteiger partial charge in [-0.1, -0.05) is 126 Å². The Hall–Kier alpha value is -7.25. The van der Waals surface area contributed by atoms with Gasteiger partial charge in [-0.15, -0.1) is 136 Å². The molecule has 0 aliphatic carbocycles. The summed E-state index contributed by atoms with van der Waals surface area (Å²) in [5.74, 6) is -0.677. The topological polar surface area (TPSA) is 51.6 Å². The SMILES string of the molecule is Cc1ccc(-c2[c-]ccc(-c3ccc(F)cc3)c2)nc1.Cc1ccc(-c2[c-]ccc(-c3cccc(F)c3)c2)nc1.Cc1ccc(-c2[c-]ccc(-c3ccccc3F)c2)nc1.Cc1ccc(-c2cc[c-]c(-c3ccc(C)cn3)c2)cc1.[Ir].[Ir].[Ir].[Ir]. The fourth-order valence-electron chi connectivity index (χ4n) is 8.42. The van der Waals surface area contributed by atoms with Gasteiger partial charge in [-0.05, 0) is 132 Å². The molecule has 0 atom stereocenters. The normalized spacial score (nSPS) is 10.0. The number of nitrogens with zero attached hydrogens (tertiary/aromatic N) is 4. The minimum absolute atomic E-state index is 0. The van der Waals surface area contributed by atoms with Crippen LogP contribution in [0.5, 0.6) is 0 Å². The van der Waals surface area contributed by atoms with E-state index in [4.69, 9.17) is 0 Å². The van der Waals surface area contributed by atoms with E-state index in [0.717, 1.165) is 89.5 Å². The standard InChI is InChI=1S/C19H16N.3C18H13FN.4Ir/c1-14-6-9-16(10-7-14)17-4-3-5-18(12-17)19-11-8-15(2)13-20-19;1-13-8-9-18(20-12-13)16-6-2-4-14(10-16)15-5-3-7-17(19)11-15;1-13-9-10-18(20-12-13)15-6-4-5-14(11-15)16-7-2-3-8-17(16)19;1-13-5-10-18(20-12-13)16-4-2-3-15(11-16)14-6-8-17(19)9-7-14;;;;/h3-4,6-13H,1-2H3;2*2-5,7-12H,1H3;2-3,5-12H,1H3;;;;/q4*-1;;;;. The number of halogens is 3. The van der Waals surface area contributed by atoms with Gasteiger partial charge in [0.1, 0.15) is 17.5 Å². The molecule has 8 aromatic carbocycles. The van der Waals surface area contributed by atoms with E-state index in [9.17, 15) is 13.2 Å². The van der Waals surface area contributed by atoms with E-state index in [1.807, 2.05) is 162 Å². The number of pyridine rings is 4. The van der Waals surface area contributed by atoms with Crippen molar-refractivity contribution in [3.8, 4) is 89.5 Å². The second-order valence-corrected chi connectivity index (χ2v) is 19.2. The fraction of sp³-hybridized carbons (Fsp3) is 0.0685. The molecule has 0 N–H and O–H groups in total. The van der Waals surface area contributed by atoms with Crippen LogP contribution in [0.2, 0.25) is 0 Å². The molecule has 4 nitrogen and oxygen atoms in total. The Kier molecular flexibility index (Phi) is 26.8. The Morgan fingerprint density at radius 2 is 0.607 bits per heavy atom. The zero-order valence-corrected chi connectivity index (χ0v) is 55.9. The van der Waals surface area contributed by atoms with Crippen LogP contribution < -0.4 is 0 Å². The third-order valence-electron chi connectivity index (χ3n) is 12.9. The average Bonchev–Trinajstić information content (AvgIpc) is 3.56. The van der Waals surface area contributed by atoms with Gasteiger partial charge in [-0.25, -0.2) is 13.2 Å². The zero-order chi connectivity index (χ0) is 55.8. The minimum atomic E-state index is -0.231. The maximum absolute atomic E-state index is 13.8. The minimum Gasteiger partial charge on any atom is -0.304 e. The molecule has 0 bridgehead atoms. The van der Waals surface area contributed by atoms with Crippen molar-refractivity contribution in [3.63, 3.8) is 0 Å². The molecule has 0 unspecified atom stereocenters. The van der Waals surface area contributed by atoms with Crippen LogP contribution in [0.4, 0.5) is 13.2 Å². The number of aryl methyl sites for hydroxylation is 5. The molecule has 0 aliphatic heterocycles. The number of rotatable bonds is 8. The molecule has 0 spiro atoms. The summed E-state index contributed by atoms with van der Waals surface area (Å²) in [5, 5.41) is 0. The van der Waals surface area contributed by atoms with Crippen LogP contribution >= 0.6 is 0 Å². The second kappa shape index (κ2) is 33.3. The van der Waals surface area contributed by atoms with Crippen molar-refractivity contribution in [3.05, 3.63) is 313 Å². The van der Waals surface area contributed by atoms with Gasteiger partial charge < -0.3 is 19.9 Å². The molecule has 11 heteroatoms. The third kappa shape index (κ3) is 19.1. The monoisotopic (exact) mass is 1820 g/mol. The summed E-state index contributed by atoms with van der Waals surface area (Å²) >= 11 is 0. The smallest absolute Gasteiger partial charge is 0.129 e. The molecule has 4 aromatic heterocycles. The summed E-state index contributed by atoms with van der Waals surface area (Å²) in [5.41, 5.74) is 20.8.